The summed E-state index contributed by atoms with van der Waals surface area (Å²) in [5.74, 6) is -1.76. The van der Waals surface area contributed by atoms with Crippen LogP contribution in [0.25, 0.3) is 0 Å². The van der Waals surface area contributed by atoms with Gasteiger partial charge in [-0.25, -0.2) is 0 Å². The van der Waals surface area contributed by atoms with Crippen LogP contribution in [0.2, 0.25) is 0 Å². The molecule has 29 heavy (non-hydrogen) atoms. The van der Waals surface area contributed by atoms with Crippen molar-refractivity contribution in [2.75, 3.05) is 13.2 Å². The van der Waals surface area contributed by atoms with Gasteiger partial charge in [-0.2, -0.15) is 8.78 Å². The number of ether oxygens (including phenoxy) is 3. The first kappa shape index (κ1) is 21.3. The number of hydrogen-bond acceptors (Lipinski definition) is 3. The van der Waals surface area contributed by atoms with E-state index in [2.05, 4.69) is 12.2 Å². The zero-order valence-electron chi connectivity index (χ0n) is 17.0. The van der Waals surface area contributed by atoms with Gasteiger partial charge in [0, 0.05) is 5.92 Å². The van der Waals surface area contributed by atoms with Crippen LogP contribution in [0.15, 0.2) is 48.6 Å². The average Bonchev–Trinajstić information content (AvgIpc) is 2.75. The first-order valence-corrected chi connectivity index (χ1v) is 10.2. The number of hydrogen-bond donors (Lipinski definition) is 0. The van der Waals surface area contributed by atoms with E-state index in [-0.39, 0.29) is 24.2 Å². The van der Waals surface area contributed by atoms with Gasteiger partial charge in [-0.3, -0.25) is 0 Å². The molecule has 0 radical (unpaired) electrons. The second kappa shape index (κ2) is 10.4. The summed E-state index contributed by atoms with van der Waals surface area (Å²) >= 11 is 0. The van der Waals surface area contributed by atoms with E-state index < -0.39 is 11.6 Å². The highest BCUT2D eigenvalue weighted by Crippen LogP contribution is 2.32. The molecule has 0 amide bonds. The maximum atomic E-state index is 14.2. The second-order valence-electron chi connectivity index (χ2n) is 7.25. The van der Waals surface area contributed by atoms with Crippen molar-refractivity contribution in [3.8, 4) is 11.5 Å². The van der Waals surface area contributed by atoms with Gasteiger partial charge >= 0.3 is 0 Å². The van der Waals surface area contributed by atoms with Gasteiger partial charge in [-0.15, -0.1) is 0 Å². The van der Waals surface area contributed by atoms with Gasteiger partial charge in [-0.1, -0.05) is 43.3 Å². The maximum Gasteiger partial charge on any atom is 0.204 e. The fourth-order valence-corrected chi connectivity index (χ4v) is 3.40. The molecule has 2 atom stereocenters. The van der Waals surface area contributed by atoms with E-state index in [4.69, 9.17) is 14.2 Å². The Morgan fingerprint density at radius 3 is 2.28 bits per heavy atom. The first-order chi connectivity index (χ1) is 14.1. The zero-order valence-corrected chi connectivity index (χ0v) is 17.0. The standard InChI is InChI=1S/C24H28F2O3/c1-3-5-17-8-11-20(28-15-17)19-9-6-18(7-10-19)16-29-22-13-12-21(27-14-4-2)23(25)24(22)26/h3,5-7,9-10,12-13,17,20H,4,8,11,14-16H2,1-2H3/b5-3+. The van der Waals surface area contributed by atoms with Crippen LogP contribution in [0.5, 0.6) is 11.5 Å². The largest absolute Gasteiger partial charge is 0.490 e. The second-order valence-corrected chi connectivity index (χ2v) is 7.25. The Hall–Kier alpha value is -2.40. The molecule has 5 heteroatoms. The third kappa shape index (κ3) is 5.57. The van der Waals surface area contributed by atoms with Crippen LogP contribution in [0.3, 0.4) is 0 Å². The van der Waals surface area contributed by atoms with Crippen LogP contribution >= 0.6 is 0 Å². The Morgan fingerprint density at radius 2 is 1.69 bits per heavy atom. The van der Waals surface area contributed by atoms with E-state index >= 15 is 0 Å². The number of benzene rings is 2. The van der Waals surface area contributed by atoms with Crippen molar-refractivity contribution in [3.05, 3.63) is 71.3 Å². The zero-order chi connectivity index (χ0) is 20.6. The van der Waals surface area contributed by atoms with Crippen molar-refractivity contribution in [1.29, 1.82) is 0 Å². The predicted octanol–water partition coefficient (Wildman–Crippen LogP) is 6.38. The van der Waals surface area contributed by atoms with Crippen LogP contribution in [-0.4, -0.2) is 13.2 Å². The number of rotatable bonds is 8. The number of halogens is 2. The maximum absolute atomic E-state index is 14.2. The molecule has 3 rings (SSSR count). The normalized spacial score (nSPS) is 19.4. The van der Waals surface area contributed by atoms with Crippen molar-refractivity contribution in [1.82, 2.24) is 0 Å². The molecule has 0 aliphatic carbocycles. The summed E-state index contributed by atoms with van der Waals surface area (Å²) < 4.78 is 44.9. The fourth-order valence-electron chi connectivity index (χ4n) is 3.40. The molecule has 1 saturated heterocycles. The van der Waals surface area contributed by atoms with E-state index in [9.17, 15) is 8.78 Å². The summed E-state index contributed by atoms with van der Waals surface area (Å²) in [5.41, 5.74) is 2.00. The Morgan fingerprint density at radius 1 is 1.00 bits per heavy atom. The molecule has 1 fully saturated rings. The van der Waals surface area contributed by atoms with Crippen LogP contribution in [0, 0.1) is 17.6 Å². The Kier molecular flexibility index (Phi) is 7.64. The number of allylic oxidation sites excluding steroid dienone is 1. The monoisotopic (exact) mass is 402 g/mol. The van der Waals surface area contributed by atoms with Crippen LogP contribution in [0.4, 0.5) is 8.78 Å². The Bertz CT molecular complexity index is 810. The topological polar surface area (TPSA) is 27.7 Å². The third-order valence-electron chi connectivity index (χ3n) is 4.99. The average molecular weight is 402 g/mol. The van der Waals surface area contributed by atoms with Gasteiger partial charge in [-0.05, 0) is 49.4 Å². The highest BCUT2D eigenvalue weighted by molar-refractivity contribution is 5.35. The fraction of sp³-hybridized carbons (Fsp3) is 0.417. The van der Waals surface area contributed by atoms with E-state index in [1.54, 1.807) is 0 Å². The van der Waals surface area contributed by atoms with E-state index in [1.165, 1.54) is 12.1 Å². The van der Waals surface area contributed by atoms with Crippen molar-refractivity contribution in [3.63, 3.8) is 0 Å². The highest BCUT2D eigenvalue weighted by Gasteiger charge is 2.21. The van der Waals surface area contributed by atoms with Crippen LogP contribution < -0.4 is 9.47 Å². The third-order valence-corrected chi connectivity index (χ3v) is 4.99. The van der Waals surface area contributed by atoms with Gasteiger partial charge in [0.05, 0.1) is 19.3 Å². The summed E-state index contributed by atoms with van der Waals surface area (Å²) in [4.78, 5) is 0. The van der Waals surface area contributed by atoms with Gasteiger partial charge in [0.15, 0.2) is 11.5 Å². The van der Waals surface area contributed by atoms with Gasteiger partial charge in [0.1, 0.15) is 6.61 Å². The lowest BCUT2D eigenvalue weighted by molar-refractivity contribution is -0.00526. The predicted molar refractivity (Wildman–Crippen MR) is 109 cm³/mol. The smallest absolute Gasteiger partial charge is 0.204 e. The minimum absolute atomic E-state index is 0.0924. The molecule has 0 N–H and O–H groups in total. The lowest BCUT2D eigenvalue weighted by Crippen LogP contribution is -2.19. The molecule has 1 heterocycles. The molecule has 0 aromatic heterocycles. The molecule has 0 bridgehead atoms. The van der Waals surface area contributed by atoms with Crippen molar-refractivity contribution in [2.24, 2.45) is 5.92 Å². The van der Waals surface area contributed by atoms with Gasteiger partial charge in [0.2, 0.25) is 11.6 Å². The summed E-state index contributed by atoms with van der Waals surface area (Å²) in [6.07, 6.45) is 7.20. The highest BCUT2D eigenvalue weighted by atomic mass is 19.2. The Labute approximate surface area is 171 Å². The first-order valence-electron chi connectivity index (χ1n) is 10.2. The molecule has 0 spiro atoms. The molecule has 1 aliphatic heterocycles. The molecular formula is C24H28F2O3. The molecule has 2 aromatic rings. The molecule has 2 aromatic carbocycles. The lowest BCUT2D eigenvalue weighted by atomic mass is 9.94. The lowest BCUT2D eigenvalue weighted by Gasteiger charge is -2.27. The van der Waals surface area contributed by atoms with Crippen LogP contribution in [0.1, 0.15) is 50.3 Å². The van der Waals surface area contributed by atoms with Gasteiger partial charge in [0.25, 0.3) is 0 Å². The minimum atomic E-state index is -1.03. The van der Waals surface area contributed by atoms with Crippen LogP contribution in [-0.2, 0) is 11.3 Å². The molecule has 0 saturated carbocycles. The van der Waals surface area contributed by atoms with E-state index in [1.807, 2.05) is 38.1 Å². The van der Waals surface area contributed by atoms with Crippen molar-refractivity contribution in [2.45, 2.75) is 45.8 Å². The summed E-state index contributed by atoms with van der Waals surface area (Å²) in [6.45, 7) is 5.16. The quantitative estimate of drug-likeness (QED) is 0.480. The molecule has 1 aliphatic rings. The molecule has 156 valence electrons. The summed E-state index contributed by atoms with van der Waals surface area (Å²) in [6, 6.07) is 10.7. The van der Waals surface area contributed by atoms with Crippen molar-refractivity contribution < 1.29 is 23.0 Å². The molecule has 2 unspecified atom stereocenters. The molecular weight excluding hydrogens is 374 g/mol. The van der Waals surface area contributed by atoms with E-state index in [0.29, 0.717) is 12.5 Å². The van der Waals surface area contributed by atoms with Gasteiger partial charge < -0.3 is 14.2 Å². The summed E-state index contributed by atoms with van der Waals surface area (Å²) in [5, 5.41) is 0. The van der Waals surface area contributed by atoms with Crippen molar-refractivity contribution >= 4 is 0 Å². The minimum Gasteiger partial charge on any atom is -0.490 e. The Balaban J connectivity index is 1.56. The molecule has 3 nitrogen and oxygen atoms in total. The SMILES string of the molecule is C/C=C/C1CCC(c2ccc(COc3ccc(OCCC)c(F)c3F)cc2)OC1. The summed E-state index contributed by atoms with van der Waals surface area (Å²) in [7, 11) is 0. The van der Waals surface area contributed by atoms with E-state index in [0.717, 1.165) is 37.0 Å².